The first-order valence-electron chi connectivity index (χ1n) is 5.53. The van der Waals surface area contributed by atoms with Crippen LogP contribution in [0, 0.1) is 0 Å². The van der Waals surface area contributed by atoms with Crippen LogP contribution in [0.1, 0.15) is 15.9 Å². The highest BCUT2D eigenvalue weighted by Crippen LogP contribution is 2.09. The molecule has 0 heterocycles. The van der Waals surface area contributed by atoms with Crippen molar-refractivity contribution in [1.82, 2.24) is 5.43 Å². The summed E-state index contributed by atoms with van der Waals surface area (Å²) in [4.78, 5) is 11.7. The van der Waals surface area contributed by atoms with Gasteiger partial charge in [-0.2, -0.15) is 5.10 Å². The van der Waals surface area contributed by atoms with E-state index in [0.29, 0.717) is 10.6 Å². The lowest BCUT2D eigenvalue weighted by atomic mass is 10.2. The molecule has 0 radical (unpaired) electrons. The van der Waals surface area contributed by atoms with Crippen LogP contribution in [0.3, 0.4) is 0 Å². The number of amides is 1. The molecule has 96 valence electrons. The minimum absolute atomic E-state index is 0.183. The van der Waals surface area contributed by atoms with Crippen molar-refractivity contribution < 1.29 is 9.90 Å². The van der Waals surface area contributed by atoms with E-state index in [4.69, 9.17) is 16.7 Å². The zero-order valence-electron chi connectivity index (χ0n) is 9.88. The first-order chi connectivity index (χ1) is 9.15. The summed E-state index contributed by atoms with van der Waals surface area (Å²) in [6, 6.07) is 13.0. The number of rotatable bonds is 3. The van der Waals surface area contributed by atoms with Gasteiger partial charge < -0.3 is 5.11 Å². The van der Waals surface area contributed by atoms with Gasteiger partial charge in [0.2, 0.25) is 0 Å². The van der Waals surface area contributed by atoms with Gasteiger partial charge in [0.15, 0.2) is 0 Å². The summed E-state index contributed by atoms with van der Waals surface area (Å²) in [7, 11) is 0. The van der Waals surface area contributed by atoms with Gasteiger partial charge in [0.05, 0.1) is 6.21 Å². The van der Waals surface area contributed by atoms with Gasteiger partial charge in [-0.3, -0.25) is 4.79 Å². The van der Waals surface area contributed by atoms with Gasteiger partial charge in [-0.1, -0.05) is 11.6 Å². The Morgan fingerprint density at radius 1 is 1.11 bits per heavy atom. The normalized spacial score (nSPS) is 10.6. The average Bonchev–Trinajstić information content (AvgIpc) is 2.41. The number of phenols is 1. The minimum Gasteiger partial charge on any atom is -0.508 e. The molecular weight excluding hydrogens is 264 g/mol. The van der Waals surface area contributed by atoms with E-state index in [1.165, 1.54) is 6.21 Å². The van der Waals surface area contributed by atoms with Gasteiger partial charge in [-0.15, -0.1) is 0 Å². The van der Waals surface area contributed by atoms with Crippen LogP contribution in [0.5, 0.6) is 5.75 Å². The Morgan fingerprint density at radius 3 is 2.37 bits per heavy atom. The van der Waals surface area contributed by atoms with E-state index < -0.39 is 0 Å². The number of aromatic hydroxyl groups is 1. The maximum atomic E-state index is 11.7. The van der Waals surface area contributed by atoms with Crippen LogP contribution in [-0.2, 0) is 0 Å². The molecule has 0 spiro atoms. The number of carbonyl (C=O) groups excluding carboxylic acids is 1. The molecule has 0 aromatic heterocycles. The van der Waals surface area contributed by atoms with Crippen molar-refractivity contribution in [2.45, 2.75) is 0 Å². The molecule has 0 fully saturated rings. The first-order valence-corrected chi connectivity index (χ1v) is 5.91. The van der Waals surface area contributed by atoms with Crippen molar-refractivity contribution in [3.05, 3.63) is 64.7 Å². The Labute approximate surface area is 115 Å². The summed E-state index contributed by atoms with van der Waals surface area (Å²) in [6.07, 6.45) is 1.49. The van der Waals surface area contributed by atoms with E-state index >= 15 is 0 Å². The van der Waals surface area contributed by atoms with Crippen LogP contribution < -0.4 is 5.43 Å². The van der Waals surface area contributed by atoms with Gasteiger partial charge in [-0.05, 0) is 54.1 Å². The Balaban J connectivity index is 1.96. The van der Waals surface area contributed by atoms with Gasteiger partial charge in [-0.25, -0.2) is 5.43 Å². The van der Waals surface area contributed by atoms with Crippen molar-refractivity contribution in [3.63, 3.8) is 0 Å². The maximum Gasteiger partial charge on any atom is 0.271 e. The Hall–Kier alpha value is -2.33. The van der Waals surface area contributed by atoms with Crippen molar-refractivity contribution >= 4 is 23.7 Å². The highest BCUT2D eigenvalue weighted by Gasteiger charge is 2.02. The van der Waals surface area contributed by atoms with Gasteiger partial charge in [0.25, 0.3) is 5.91 Å². The SMILES string of the molecule is O=C(NN=Cc1ccc(O)cc1)c1ccc(Cl)cc1. The topological polar surface area (TPSA) is 61.7 Å². The number of hydrogen-bond donors (Lipinski definition) is 2. The van der Waals surface area contributed by atoms with E-state index in [2.05, 4.69) is 10.5 Å². The lowest BCUT2D eigenvalue weighted by Crippen LogP contribution is -2.17. The van der Waals surface area contributed by atoms with Crippen molar-refractivity contribution in [2.75, 3.05) is 0 Å². The van der Waals surface area contributed by atoms with E-state index in [9.17, 15) is 4.79 Å². The molecule has 0 unspecified atom stereocenters. The number of phenolic OH excluding ortho intramolecular Hbond substituents is 1. The van der Waals surface area contributed by atoms with E-state index in [1.807, 2.05) is 0 Å². The van der Waals surface area contributed by atoms with Crippen LogP contribution in [0.25, 0.3) is 0 Å². The molecule has 0 aliphatic carbocycles. The molecule has 2 aromatic carbocycles. The minimum atomic E-state index is -0.313. The molecule has 0 saturated carbocycles. The smallest absolute Gasteiger partial charge is 0.271 e. The average molecular weight is 275 g/mol. The number of benzene rings is 2. The molecular formula is C14H11ClN2O2. The summed E-state index contributed by atoms with van der Waals surface area (Å²) >= 11 is 5.73. The van der Waals surface area contributed by atoms with Gasteiger partial charge in [0, 0.05) is 10.6 Å². The summed E-state index contributed by atoms with van der Waals surface area (Å²) in [5, 5.41) is 13.5. The third kappa shape index (κ3) is 3.82. The predicted molar refractivity (Wildman–Crippen MR) is 74.6 cm³/mol. The highest BCUT2D eigenvalue weighted by molar-refractivity contribution is 6.30. The molecule has 2 N–H and O–H groups in total. The molecule has 1 amide bonds. The third-order valence-electron chi connectivity index (χ3n) is 2.38. The number of nitrogens with one attached hydrogen (secondary N) is 1. The molecule has 0 bridgehead atoms. The van der Waals surface area contributed by atoms with Crippen LogP contribution >= 0.6 is 11.6 Å². The summed E-state index contributed by atoms with van der Waals surface area (Å²) in [5.74, 6) is -0.131. The monoisotopic (exact) mass is 274 g/mol. The Bertz CT molecular complexity index is 592. The number of halogens is 1. The summed E-state index contributed by atoms with van der Waals surface area (Å²) in [5.41, 5.74) is 3.66. The molecule has 5 heteroatoms. The number of hydrazone groups is 1. The first kappa shape index (κ1) is 13.1. The molecule has 4 nitrogen and oxygen atoms in total. The Kier molecular flexibility index (Phi) is 4.15. The fraction of sp³-hybridized carbons (Fsp3) is 0. The zero-order valence-corrected chi connectivity index (χ0v) is 10.6. The van der Waals surface area contributed by atoms with E-state index in [-0.39, 0.29) is 11.7 Å². The van der Waals surface area contributed by atoms with E-state index in [1.54, 1.807) is 48.5 Å². The highest BCUT2D eigenvalue weighted by atomic mass is 35.5. The van der Waals surface area contributed by atoms with Crippen molar-refractivity contribution in [3.8, 4) is 5.75 Å². The number of nitrogens with zero attached hydrogens (tertiary/aromatic N) is 1. The maximum absolute atomic E-state index is 11.7. The second-order valence-corrected chi connectivity index (χ2v) is 4.23. The predicted octanol–water partition coefficient (Wildman–Crippen LogP) is 2.81. The van der Waals surface area contributed by atoms with Gasteiger partial charge in [0.1, 0.15) is 5.75 Å². The lowest BCUT2D eigenvalue weighted by Gasteiger charge is -1.99. The van der Waals surface area contributed by atoms with Gasteiger partial charge >= 0.3 is 0 Å². The van der Waals surface area contributed by atoms with Crippen LogP contribution in [-0.4, -0.2) is 17.2 Å². The van der Waals surface area contributed by atoms with Crippen LogP contribution in [0.15, 0.2) is 53.6 Å². The van der Waals surface area contributed by atoms with Crippen LogP contribution in [0.2, 0.25) is 5.02 Å². The van der Waals surface area contributed by atoms with Crippen molar-refractivity contribution in [1.29, 1.82) is 0 Å². The quantitative estimate of drug-likeness (QED) is 0.668. The third-order valence-corrected chi connectivity index (χ3v) is 2.63. The number of hydrogen-bond acceptors (Lipinski definition) is 3. The second kappa shape index (κ2) is 6.02. The molecule has 0 aliphatic heterocycles. The molecule has 2 aromatic rings. The molecule has 0 atom stereocenters. The second-order valence-electron chi connectivity index (χ2n) is 3.80. The fourth-order valence-corrected chi connectivity index (χ4v) is 1.52. The molecule has 2 rings (SSSR count). The molecule has 0 saturated heterocycles. The van der Waals surface area contributed by atoms with Crippen molar-refractivity contribution in [2.24, 2.45) is 5.10 Å². The summed E-state index contributed by atoms with van der Waals surface area (Å²) in [6.45, 7) is 0. The Morgan fingerprint density at radius 2 is 1.74 bits per heavy atom. The zero-order chi connectivity index (χ0) is 13.7. The number of carbonyl (C=O) groups is 1. The molecule has 19 heavy (non-hydrogen) atoms. The lowest BCUT2D eigenvalue weighted by molar-refractivity contribution is 0.0955. The fourth-order valence-electron chi connectivity index (χ4n) is 1.39. The van der Waals surface area contributed by atoms with Crippen LogP contribution in [0.4, 0.5) is 0 Å². The largest absolute Gasteiger partial charge is 0.508 e. The summed E-state index contributed by atoms with van der Waals surface area (Å²) < 4.78 is 0. The van der Waals surface area contributed by atoms with E-state index in [0.717, 1.165) is 5.56 Å². The molecule has 0 aliphatic rings. The standard InChI is InChI=1S/C14H11ClN2O2/c15-12-5-3-11(4-6-12)14(19)17-16-9-10-1-7-13(18)8-2-10/h1-9,18H,(H,17,19).